The Balaban J connectivity index is 2.64. The molecule has 0 amide bonds. The summed E-state index contributed by atoms with van der Waals surface area (Å²) in [4.78, 5) is 10.6. The zero-order valence-corrected chi connectivity index (χ0v) is 6.12. The third-order valence-corrected chi connectivity index (χ3v) is 1.72. The average Bonchev–Trinajstić information content (AvgIpc) is 2.32. The molecule has 0 unspecified atom stereocenters. The maximum Gasteiger partial charge on any atom is 0.338 e. The van der Waals surface area contributed by atoms with Crippen LogP contribution in [-0.4, -0.2) is 57.4 Å². The summed E-state index contributed by atoms with van der Waals surface area (Å²) in [5.74, 6) is -0.986. The van der Waals surface area contributed by atoms with E-state index >= 15 is 0 Å². The summed E-state index contributed by atoms with van der Waals surface area (Å²) in [6, 6.07) is 0. The van der Waals surface area contributed by atoms with Crippen molar-refractivity contribution in [3.63, 3.8) is 0 Å². The number of hydrogen-bond donors (Lipinski definition) is 4. The quantitative estimate of drug-likeness (QED) is 0.337. The molecule has 1 fully saturated rings. The molecule has 70 valence electrons. The number of aliphatic hydroxyl groups excluding tert-OH is 4. The smallest absolute Gasteiger partial charge is 0.338 e. The Kier molecular flexibility index (Phi) is 2.63. The van der Waals surface area contributed by atoms with Crippen LogP contribution < -0.4 is 0 Å². The van der Waals surface area contributed by atoms with E-state index in [2.05, 4.69) is 4.74 Å². The zero-order valence-electron chi connectivity index (χ0n) is 6.12. The van der Waals surface area contributed by atoms with Gasteiger partial charge in [-0.05, 0) is 0 Å². The summed E-state index contributed by atoms with van der Waals surface area (Å²) < 4.78 is 4.39. The van der Waals surface area contributed by atoms with Crippen molar-refractivity contribution in [1.82, 2.24) is 0 Å². The Morgan fingerprint density at radius 1 is 1.50 bits per heavy atom. The van der Waals surface area contributed by atoms with E-state index in [1.54, 1.807) is 0 Å². The zero-order chi connectivity index (χ0) is 9.30. The van der Waals surface area contributed by atoms with Crippen LogP contribution in [-0.2, 0) is 9.53 Å². The van der Waals surface area contributed by atoms with Crippen molar-refractivity contribution >= 4 is 5.97 Å². The van der Waals surface area contributed by atoms with Gasteiger partial charge in [-0.3, -0.25) is 0 Å². The number of ether oxygens (including phenoxy) is 1. The molecule has 1 saturated heterocycles. The molecule has 6 nitrogen and oxygen atoms in total. The SMILES string of the molecule is O=[14C]1O[C@H]([C@@H](O)CO)[C@@H](O)[C@@H]1O. The standard InChI is InChI=1S/C6H10O6/c7-1-2(8)5-3(9)4(10)6(11)12-5/h2-5,7-10H,1H2/t2-,3-,4-,5+/m0/s1/i6+2. The van der Waals surface area contributed by atoms with Gasteiger partial charge in [-0.15, -0.1) is 0 Å². The van der Waals surface area contributed by atoms with Crippen LogP contribution in [0.4, 0.5) is 0 Å². The molecule has 0 aliphatic carbocycles. The van der Waals surface area contributed by atoms with Crippen molar-refractivity contribution in [3.8, 4) is 0 Å². The van der Waals surface area contributed by atoms with E-state index in [-0.39, 0.29) is 0 Å². The van der Waals surface area contributed by atoms with E-state index in [0.29, 0.717) is 0 Å². The first kappa shape index (κ1) is 9.40. The van der Waals surface area contributed by atoms with Gasteiger partial charge in [-0.1, -0.05) is 0 Å². The molecule has 1 rings (SSSR count). The van der Waals surface area contributed by atoms with Gasteiger partial charge in [0.15, 0.2) is 12.2 Å². The van der Waals surface area contributed by atoms with Crippen LogP contribution in [0, 0.1) is 0 Å². The van der Waals surface area contributed by atoms with Crippen molar-refractivity contribution in [2.24, 2.45) is 0 Å². The number of rotatable bonds is 2. The highest BCUT2D eigenvalue weighted by Gasteiger charge is 2.45. The molecule has 4 N–H and O–H groups in total. The lowest BCUT2D eigenvalue weighted by atomic mass is 10.1. The predicted octanol–water partition coefficient (Wildman–Crippen LogP) is -3.01. The van der Waals surface area contributed by atoms with Gasteiger partial charge in [-0.25, -0.2) is 4.79 Å². The number of carbonyl (C=O) groups is 1. The third-order valence-electron chi connectivity index (χ3n) is 1.72. The molecule has 0 saturated carbocycles. The van der Waals surface area contributed by atoms with Crippen molar-refractivity contribution in [3.05, 3.63) is 0 Å². The summed E-state index contributed by atoms with van der Waals surface area (Å²) in [6.45, 7) is -0.637. The molecule has 0 bridgehead atoms. The number of carbonyl (C=O) groups excluding carboxylic acids is 1. The van der Waals surface area contributed by atoms with Crippen LogP contribution in [0.1, 0.15) is 0 Å². The summed E-state index contributed by atoms with van der Waals surface area (Å²) in [5.41, 5.74) is 0. The van der Waals surface area contributed by atoms with Crippen molar-refractivity contribution in [2.75, 3.05) is 6.61 Å². The summed E-state index contributed by atoms with van der Waals surface area (Å²) in [5, 5.41) is 35.3. The lowest BCUT2D eigenvalue weighted by Crippen LogP contribution is -2.40. The second-order valence-corrected chi connectivity index (χ2v) is 2.59. The largest absolute Gasteiger partial charge is 0.455 e. The predicted molar refractivity (Wildman–Crippen MR) is 35.0 cm³/mol. The van der Waals surface area contributed by atoms with Gasteiger partial charge in [-0.2, -0.15) is 0 Å². The van der Waals surface area contributed by atoms with Crippen molar-refractivity contribution in [1.29, 1.82) is 0 Å². The first-order chi connectivity index (χ1) is 5.57. The van der Waals surface area contributed by atoms with Gasteiger partial charge in [0.1, 0.15) is 12.2 Å². The first-order valence-electron chi connectivity index (χ1n) is 3.43. The van der Waals surface area contributed by atoms with Crippen LogP contribution in [0.5, 0.6) is 0 Å². The molecule has 4 atom stereocenters. The van der Waals surface area contributed by atoms with Gasteiger partial charge >= 0.3 is 5.97 Å². The molecule has 0 spiro atoms. The van der Waals surface area contributed by atoms with Crippen LogP contribution in [0.3, 0.4) is 0 Å². The number of cyclic esters (lactones) is 1. The fourth-order valence-corrected chi connectivity index (χ4v) is 1.00. The van der Waals surface area contributed by atoms with E-state index in [1.165, 1.54) is 0 Å². The minimum atomic E-state index is -1.63. The molecule has 0 aromatic heterocycles. The minimum absolute atomic E-state index is 0.637. The minimum Gasteiger partial charge on any atom is -0.455 e. The molecule has 1 aliphatic heterocycles. The molecule has 6 heteroatoms. The Bertz CT molecular complexity index is 181. The van der Waals surface area contributed by atoms with Gasteiger partial charge in [0.2, 0.25) is 0 Å². The van der Waals surface area contributed by atoms with E-state index in [4.69, 9.17) is 20.4 Å². The van der Waals surface area contributed by atoms with E-state index in [0.717, 1.165) is 0 Å². The Hall–Kier alpha value is -0.690. The van der Waals surface area contributed by atoms with Crippen LogP contribution in [0.25, 0.3) is 0 Å². The van der Waals surface area contributed by atoms with Crippen molar-refractivity contribution in [2.45, 2.75) is 24.4 Å². The summed E-state index contributed by atoms with van der Waals surface area (Å²) >= 11 is 0. The number of aliphatic hydroxyl groups is 4. The molecule has 0 radical (unpaired) electrons. The highest BCUT2D eigenvalue weighted by atomic mass is 16.8. The van der Waals surface area contributed by atoms with E-state index < -0.39 is 37.0 Å². The van der Waals surface area contributed by atoms with Gasteiger partial charge in [0.25, 0.3) is 0 Å². The summed E-state index contributed by atoms with van der Waals surface area (Å²) in [6.07, 6.45) is -5.70. The highest BCUT2D eigenvalue weighted by molar-refractivity contribution is 5.77. The monoisotopic (exact) mass is 180 g/mol. The molecular formula is C6H10O6. The van der Waals surface area contributed by atoms with E-state index in [9.17, 15) is 4.79 Å². The molecular weight excluding hydrogens is 170 g/mol. The second kappa shape index (κ2) is 3.36. The Morgan fingerprint density at radius 2 is 2.08 bits per heavy atom. The van der Waals surface area contributed by atoms with Gasteiger partial charge < -0.3 is 25.2 Å². The van der Waals surface area contributed by atoms with Crippen LogP contribution in [0.2, 0.25) is 0 Å². The highest BCUT2D eigenvalue weighted by Crippen LogP contribution is 2.18. The van der Waals surface area contributed by atoms with Crippen molar-refractivity contribution < 1.29 is 30.0 Å². The van der Waals surface area contributed by atoms with E-state index in [1.807, 2.05) is 0 Å². The molecule has 0 aromatic carbocycles. The molecule has 1 aliphatic rings. The molecule has 12 heavy (non-hydrogen) atoms. The maximum absolute atomic E-state index is 10.6. The maximum atomic E-state index is 10.6. The topological polar surface area (TPSA) is 107 Å². The van der Waals surface area contributed by atoms with Crippen LogP contribution in [0.15, 0.2) is 0 Å². The number of hydrogen-bond acceptors (Lipinski definition) is 6. The lowest BCUT2D eigenvalue weighted by molar-refractivity contribution is -0.151. The molecule has 0 aromatic rings. The number of esters is 1. The van der Waals surface area contributed by atoms with Gasteiger partial charge in [0.05, 0.1) is 6.61 Å². The van der Waals surface area contributed by atoms with Crippen LogP contribution >= 0.6 is 0 Å². The van der Waals surface area contributed by atoms with Gasteiger partial charge in [0, 0.05) is 0 Å². The average molecular weight is 180 g/mol. The normalized spacial score (nSPS) is 38.0. The first-order valence-corrected chi connectivity index (χ1v) is 3.43. The fraction of sp³-hybridized carbons (Fsp3) is 0.833. The Morgan fingerprint density at radius 3 is 2.42 bits per heavy atom. The fourth-order valence-electron chi connectivity index (χ4n) is 1.00. The Labute approximate surface area is 68.0 Å². The lowest BCUT2D eigenvalue weighted by Gasteiger charge is -2.17. The third kappa shape index (κ3) is 1.42. The second-order valence-electron chi connectivity index (χ2n) is 2.59. The summed E-state index contributed by atoms with van der Waals surface area (Å²) in [7, 11) is 0. The molecule has 1 heterocycles.